The smallest absolute Gasteiger partial charge is 0.356 e. The lowest BCUT2D eigenvalue weighted by atomic mass is 9.96. The molecule has 1 fully saturated rings. The Bertz CT molecular complexity index is 1490. The minimum Gasteiger partial charge on any atom is -0.356 e. The monoisotopic (exact) mass is 566 g/mol. The number of halogens is 5. The van der Waals surface area contributed by atoms with Crippen molar-refractivity contribution >= 4 is 27.1 Å². The van der Waals surface area contributed by atoms with Gasteiger partial charge in [0.05, 0.1) is 20.9 Å². The zero-order chi connectivity index (χ0) is 28.6. The quantitative estimate of drug-likeness (QED) is 0.326. The van der Waals surface area contributed by atoms with Crippen LogP contribution in [0.5, 0.6) is 0 Å². The van der Waals surface area contributed by atoms with Gasteiger partial charge in [-0.1, -0.05) is 18.2 Å². The lowest BCUT2D eigenvalue weighted by molar-refractivity contribution is -0.137. The van der Waals surface area contributed by atoms with E-state index in [-0.39, 0.29) is 47.9 Å². The third kappa shape index (κ3) is 6.55. The number of carbonyl (C=O) groups excluding carboxylic acids is 1. The molecule has 0 aliphatic carbocycles. The van der Waals surface area contributed by atoms with E-state index >= 15 is 0 Å². The second-order valence-corrected chi connectivity index (χ2v) is 11.8. The van der Waals surface area contributed by atoms with E-state index in [1.54, 1.807) is 24.0 Å². The molecule has 2 N–H and O–H groups in total. The standard InChI is InChI=1S/C27H27F5N4O2S/c1-17-22(18-7-9-19(10-8-18)27(30,31)32)16-34-24(36-13-4-11-26(28,29)12-14-36)23(17)25(37)35-20-5-3-6-21(15-20)39(2,33)38/h3,5-10,15-16,33H,4,11-14H2,1-2H3,(H,35,37). The molecule has 1 unspecified atom stereocenters. The van der Waals surface area contributed by atoms with Gasteiger partial charge < -0.3 is 10.2 Å². The van der Waals surface area contributed by atoms with Crippen molar-refractivity contribution in [2.75, 3.05) is 29.6 Å². The first kappa shape index (κ1) is 28.5. The zero-order valence-corrected chi connectivity index (χ0v) is 22.1. The number of aromatic nitrogens is 1. The Hall–Kier alpha value is -3.54. The molecule has 208 valence electrons. The van der Waals surface area contributed by atoms with Crippen molar-refractivity contribution in [1.29, 1.82) is 4.78 Å². The van der Waals surface area contributed by atoms with Crippen molar-refractivity contribution in [1.82, 2.24) is 4.98 Å². The van der Waals surface area contributed by atoms with Gasteiger partial charge in [0.2, 0.25) is 5.92 Å². The van der Waals surface area contributed by atoms with Crippen LogP contribution in [0, 0.1) is 11.7 Å². The Labute approximate surface area is 223 Å². The fourth-order valence-corrected chi connectivity index (χ4v) is 5.21. The molecule has 39 heavy (non-hydrogen) atoms. The first-order valence-electron chi connectivity index (χ1n) is 12.1. The molecule has 1 aliphatic rings. The number of pyridine rings is 1. The molecular weight excluding hydrogens is 539 g/mol. The molecule has 1 atom stereocenters. The molecule has 0 spiro atoms. The van der Waals surface area contributed by atoms with Gasteiger partial charge in [-0.2, -0.15) is 13.2 Å². The van der Waals surface area contributed by atoms with Gasteiger partial charge >= 0.3 is 6.18 Å². The van der Waals surface area contributed by atoms with Crippen molar-refractivity contribution in [2.45, 2.75) is 43.2 Å². The van der Waals surface area contributed by atoms with E-state index in [0.29, 0.717) is 16.7 Å². The van der Waals surface area contributed by atoms with Crippen molar-refractivity contribution in [3.05, 3.63) is 71.4 Å². The van der Waals surface area contributed by atoms with E-state index in [4.69, 9.17) is 4.78 Å². The highest BCUT2D eigenvalue weighted by atomic mass is 32.2. The van der Waals surface area contributed by atoms with Gasteiger partial charge in [0.25, 0.3) is 5.91 Å². The summed E-state index contributed by atoms with van der Waals surface area (Å²) in [6.45, 7) is 1.83. The molecule has 1 saturated heterocycles. The van der Waals surface area contributed by atoms with E-state index < -0.39 is 39.7 Å². The van der Waals surface area contributed by atoms with Crippen LogP contribution in [0.3, 0.4) is 0 Å². The number of nitrogens with zero attached hydrogens (tertiary/aromatic N) is 2. The molecule has 0 saturated carbocycles. The Morgan fingerprint density at radius 3 is 2.44 bits per heavy atom. The number of hydrogen-bond acceptors (Lipinski definition) is 5. The predicted molar refractivity (Wildman–Crippen MR) is 140 cm³/mol. The van der Waals surface area contributed by atoms with E-state index in [1.165, 1.54) is 36.7 Å². The normalized spacial score (nSPS) is 17.3. The summed E-state index contributed by atoms with van der Waals surface area (Å²) in [5.74, 6) is -3.27. The van der Waals surface area contributed by atoms with Crippen LogP contribution in [-0.4, -0.2) is 40.4 Å². The number of alkyl halides is 5. The number of amides is 1. The summed E-state index contributed by atoms with van der Waals surface area (Å²) in [5, 5.41) is 2.72. The molecule has 2 aromatic carbocycles. The Morgan fingerprint density at radius 2 is 1.79 bits per heavy atom. The van der Waals surface area contributed by atoms with Crippen LogP contribution < -0.4 is 10.2 Å². The van der Waals surface area contributed by atoms with E-state index in [9.17, 15) is 31.0 Å². The number of nitrogens with one attached hydrogen (secondary N) is 2. The average molecular weight is 567 g/mol. The molecule has 1 amide bonds. The maximum Gasteiger partial charge on any atom is 0.416 e. The van der Waals surface area contributed by atoms with Gasteiger partial charge in [0.1, 0.15) is 5.82 Å². The average Bonchev–Trinajstić information content (AvgIpc) is 3.03. The topological polar surface area (TPSA) is 86.2 Å². The van der Waals surface area contributed by atoms with Gasteiger partial charge in [0.15, 0.2) is 0 Å². The molecule has 1 aliphatic heterocycles. The molecule has 0 bridgehead atoms. The Morgan fingerprint density at radius 1 is 1.10 bits per heavy atom. The maximum atomic E-state index is 14.1. The van der Waals surface area contributed by atoms with Crippen molar-refractivity contribution in [2.24, 2.45) is 0 Å². The number of benzene rings is 2. The summed E-state index contributed by atoms with van der Waals surface area (Å²) in [6, 6.07) is 10.5. The fraction of sp³-hybridized carbons (Fsp3) is 0.333. The van der Waals surface area contributed by atoms with Crippen LogP contribution in [0.25, 0.3) is 11.1 Å². The number of anilines is 2. The first-order chi connectivity index (χ1) is 18.2. The second kappa shape index (κ2) is 10.6. The number of hydrogen-bond donors (Lipinski definition) is 2. The molecule has 2 heterocycles. The summed E-state index contributed by atoms with van der Waals surface area (Å²) in [6.07, 6.45) is -2.34. The lowest BCUT2D eigenvalue weighted by Gasteiger charge is -2.26. The first-order valence-corrected chi connectivity index (χ1v) is 14.1. The van der Waals surface area contributed by atoms with Gasteiger partial charge in [-0.05, 0) is 54.8 Å². The summed E-state index contributed by atoms with van der Waals surface area (Å²) < 4.78 is 87.4. The number of carbonyl (C=O) groups is 1. The third-order valence-electron chi connectivity index (χ3n) is 6.63. The van der Waals surface area contributed by atoms with E-state index in [0.717, 1.165) is 12.1 Å². The lowest BCUT2D eigenvalue weighted by Crippen LogP contribution is -2.30. The fourth-order valence-electron chi connectivity index (χ4n) is 4.52. The molecule has 3 aromatic rings. The second-order valence-electron chi connectivity index (χ2n) is 9.59. The van der Waals surface area contributed by atoms with Gasteiger partial charge in [-0.15, -0.1) is 0 Å². The van der Waals surface area contributed by atoms with E-state index in [1.807, 2.05) is 0 Å². The predicted octanol–water partition coefficient (Wildman–Crippen LogP) is 6.99. The van der Waals surface area contributed by atoms with Gasteiger partial charge in [0, 0.05) is 54.5 Å². The summed E-state index contributed by atoms with van der Waals surface area (Å²) in [7, 11) is -3.05. The van der Waals surface area contributed by atoms with Crippen LogP contribution in [0.15, 0.2) is 59.6 Å². The van der Waals surface area contributed by atoms with Crippen molar-refractivity contribution in [3.63, 3.8) is 0 Å². The van der Waals surface area contributed by atoms with Crippen molar-refractivity contribution < 1.29 is 31.0 Å². The highest BCUT2D eigenvalue weighted by Gasteiger charge is 2.34. The Balaban J connectivity index is 1.78. The zero-order valence-electron chi connectivity index (χ0n) is 21.2. The van der Waals surface area contributed by atoms with Crippen molar-refractivity contribution in [3.8, 4) is 11.1 Å². The van der Waals surface area contributed by atoms with Crippen LogP contribution >= 0.6 is 0 Å². The minimum atomic E-state index is -4.51. The largest absolute Gasteiger partial charge is 0.416 e. The summed E-state index contributed by atoms with van der Waals surface area (Å²) in [4.78, 5) is 19.9. The molecular formula is C27H27F5N4O2S. The van der Waals surface area contributed by atoms with Gasteiger partial charge in [-0.3, -0.25) is 4.79 Å². The minimum absolute atomic E-state index is 0.0361. The molecule has 6 nitrogen and oxygen atoms in total. The molecule has 1 aromatic heterocycles. The third-order valence-corrected chi connectivity index (χ3v) is 7.78. The maximum absolute atomic E-state index is 14.1. The molecule has 4 rings (SSSR count). The van der Waals surface area contributed by atoms with Crippen LogP contribution in [0.1, 0.15) is 40.7 Å². The summed E-state index contributed by atoms with van der Waals surface area (Å²) in [5.41, 5.74) is 0.758. The molecule has 0 radical (unpaired) electrons. The summed E-state index contributed by atoms with van der Waals surface area (Å²) >= 11 is 0. The van der Waals surface area contributed by atoms with Crippen LogP contribution in [0.2, 0.25) is 0 Å². The van der Waals surface area contributed by atoms with E-state index in [2.05, 4.69) is 10.3 Å². The highest BCUT2D eigenvalue weighted by molar-refractivity contribution is 7.91. The van der Waals surface area contributed by atoms with Gasteiger partial charge in [-0.25, -0.2) is 22.8 Å². The highest BCUT2D eigenvalue weighted by Crippen LogP contribution is 2.36. The molecule has 12 heteroatoms. The van der Waals surface area contributed by atoms with Crippen LogP contribution in [0.4, 0.5) is 33.5 Å². The number of rotatable bonds is 5. The SMILES string of the molecule is Cc1c(-c2ccc(C(F)(F)F)cc2)cnc(N2CCCC(F)(F)CC2)c1C(=O)Nc1cccc(S(C)(=N)=O)c1. The van der Waals surface area contributed by atoms with Crippen LogP contribution in [-0.2, 0) is 15.9 Å². The Kier molecular flexibility index (Phi) is 7.70.